The highest BCUT2D eigenvalue weighted by molar-refractivity contribution is 7.86. The van der Waals surface area contributed by atoms with Crippen LogP contribution in [-0.2, 0) is 14.9 Å². The fourth-order valence-corrected chi connectivity index (χ4v) is 5.42. The fraction of sp³-hybridized carbons (Fsp3) is 0.167. The lowest BCUT2D eigenvalue weighted by molar-refractivity contribution is -0.385. The number of carbonyl (C=O) groups excluding carboxylic acids is 2. The van der Waals surface area contributed by atoms with Gasteiger partial charge in [-0.3, -0.25) is 24.3 Å². The minimum absolute atomic E-state index is 0.00524. The molecule has 3 aromatic rings. The lowest BCUT2D eigenvalue weighted by Gasteiger charge is -2.23. The molecule has 208 valence electrons. The van der Waals surface area contributed by atoms with Gasteiger partial charge in [-0.1, -0.05) is 29.3 Å². The van der Waals surface area contributed by atoms with E-state index in [-0.39, 0.29) is 39.2 Å². The standard InChI is InChI=1S/C24H20Cl2N6O7S/c1-12-9-13(25)10-14(23(33)27-2)21(12)29-24(34)18-11-16(30-31(18)22-15(26)5-4-8-28-22)20-17(32(35)36)6-3-7-19(20)40(37,38)39/h3-10,18H,11H2,1-2H3,(H,27,33)(H,29,34)(H,37,38,39). The second-order valence-corrected chi connectivity index (χ2v) is 10.7. The van der Waals surface area contributed by atoms with Gasteiger partial charge in [0.2, 0.25) is 5.91 Å². The molecule has 16 heteroatoms. The number of halogens is 2. The van der Waals surface area contributed by atoms with Gasteiger partial charge < -0.3 is 10.6 Å². The lowest BCUT2D eigenvalue weighted by atomic mass is 10.0. The maximum atomic E-state index is 13.7. The Balaban J connectivity index is 1.86. The summed E-state index contributed by atoms with van der Waals surface area (Å²) in [5.41, 5.74) is -0.642. The predicted molar refractivity (Wildman–Crippen MR) is 148 cm³/mol. The molecule has 0 radical (unpaired) electrons. The molecular formula is C24H20Cl2N6O7S. The molecule has 1 atom stereocenters. The normalized spacial score (nSPS) is 15.0. The number of hydrazone groups is 1. The summed E-state index contributed by atoms with van der Waals surface area (Å²) in [5, 5.41) is 22.7. The van der Waals surface area contributed by atoms with Gasteiger partial charge in [0.1, 0.15) is 10.9 Å². The van der Waals surface area contributed by atoms with E-state index in [2.05, 4.69) is 20.7 Å². The third-order valence-electron chi connectivity index (χ3n) is 5.96. The SMILES string of the molecule is CNC(=O)c1cc(Cl)cc(C)c1NC(=O)C1CC(c2c([N+](=O)[O-])cccc2S(=O)(=O)O)=NN1c1ncccc1Cl. The van der Waals surface area contributed by atoms with E-state index in [1.807, 2.05) is 0 Å². The molecular weight excluding hydrogens is 587 g/mol. The van der Waals surface area contributed by atoms with E-state index in [4.69, 9.17) is 23.2 Å². The van der Waals surface area contributed by atoms with Crippen molar-refractivity contribution in [2.75, 3.05) is 17.4 Å². The number of benzene rings is 2. The van der Waals surface area contributed by atoms with Gasteiger partial charge in [-0.15, -0.1) is 0 Å². The molecule has 0 saturated heterocycles. The van der Waals surface area contributed by atoms with Crippen molar-refractivity contribution >= 4 is 68.0 Å². The van der Waals surface area contributed by atoms with Gasteiger partial charge in [-0.05, 0) is 42.8 Å². The predicted octanol–water partition coefficient (Wildman–Crippen LogP) is 3.83. The topological polar surface area (TPSA) is 184 Å². The number of hydrogen-bond donors (Lipinski definition) is 3. The number of amides is 2. The monoisotopic (exact) mass is 606 g/mol. The Hall–Kier alpha value is -4.11. The molecule has 4 rings (SSSR count). The first-order valence-electron chi connectivity index (χ1n) is 11.4. The molecule has 2 amide bonds. The third kappa shape index (κ3) is 5.60. The zero-order chi connectivity index (χ0) is 29.4. The second kappa shape index (κ2) is 11.2. The second-order valence-electron chi connectivity index (χ2n) is 8.52. The van der Waals surface area contributed by atoms with Gasteiger partial charge in [-0.2, -0.15) is 13.5 Å². The zero-order valence-electron chi connectivity index (χ0n) is 20.8. The molecule has 0 spiro atoms. The van der Waals surface area contributed by atoms with Gasteiger partial charge >= 0.3 is 0 Å². The molecule has 0 saturated carbocycles. The summed E-state index contributed by atoms with van der Waals surface area (Å²) in [6.45, 7) is 1.63. The summed E-state index contributed by atoms with van der Waals surface area (Å²) in [5.74, 6) is -1.24. The first-order valence-corrected chi connectivity index (χ1v) is 13.6. The van der Waals surface area contributed by atoms with E-state index in [9.17, 15) is 32.7 Å². The van der Waals surface area contributed by atoms with E-state index < -0.39 is 49.0 Å². The Morgan fingerprint density at radius 1 is 1.20 bits per heavy atom. The van der Waals surface area contributed by atoms with Crippen LogP contribution < -0.4 is 15.6 Å². The van der Waals surface area contributed by atoms with Crippen molar-refractivity contribution in [2.45, 2.75) is 24.3 Å². The molecule has 0 aliphatic carbocycles. The van der Waals surface area contributed by atoms with Crippen molar-refractivity contribution in [1.82, 2.24) is 10.3 Å². The van der Waals surface area contributed by atoms with E-state index in [0.717, 1.165) is 23.2 Å². The lowest BCUT2D eigenvalue weighted by Crippen LogP contribution is -2.39. The molecule has 1 aliphatic heterocycles. The van der Waals surface area contributed by atoms with E-state index in [1.54, 1.807) is 13.0 Å². The Morgan fingerprint density at radius 2 is 1.93 bits per heavy atom. The molecule has 1 unspecified atom stereocenters. The van der Waals surface area contributed by atoms with Crippen LogP contribution in [0.5, 0.6) is 0 Å². The highest BCUT2D eigenvalue weighted by Gasteiger charge is 2.40. The molecule has 2 heterocycles. The molecule has 0 fully saturated rings. The molecule has 3 N–H and O–H groups in total. The molecule has 0 bridgehead atoms. The number of nitrogens with zero attached hydrogens (tertiary/aromatic N) is 4. The van der Waals surface area contributed by atoms with E-state index in [1.165, 1.54) is 31.4 Å². The number of anilines is 2. The summed E-state index contributed by atoms with van der Waals surface area (Å²) >= 11 is 12.4. The minimum Gasteiger partial charge on any atom is -0.355 e. The third-order valence-corrected chi connectivity index (χ3v) is 7.37. The van der Waals surface area contributed by atoms with E-state index >= 15 is 0 Å². The van der Waals surface area contributed by atoms with E-state index in [0.29, 0.717) is 5.56 Å². The fourth-order valence-electron chi connectivity index (χ4n) is 4.21. The minimum atomic E-state index is -4.93. The largest absolute Gasteiger partial charge is 0.355 e. The van der Waals surface area contributed by atoms with Crippen LogP contribution in [0.3, 0.4) is 0 Å². The van der Waals surface area contributed by atoms with Crippen LogP contribution in [0.25, 0.3) is 0 Å². The molecule has 1 aromatic heterocycles. The highest BCUT2D eigenvalue weighted by atomic mass is 35.5. The van der Waals surface area contributed by atoms with Crippen molar-refractivity contribution in [2.24, 2.45) is 5.10 Å². The molecule has 13 nitrogen and oxygen atoms in total. The van der Waals surface area contributed by atoms with Crippen LogP contribution in [0.1, 0.15) is 27.9 Å². The highest BCUT2D eigenvalue weighted by Crippen LogP contribution is 2.36. The average Bonchev–Trinajstić information content (AvgIpc) is 3.34. The quantitative estimate of drug-likeness (QED) is 0.204. The molecule has 1 aliphatic rings. The van der Waals surface area contributed by atoms with Crippen LogP contribution in [0.2, 0.25) is 10.0 Å². The number of carbonyl (C=O) groups is 2. The Labute approximate surface area is 237 Å². The van der Waals surface area contributed by atoms with Gasteiger partial charge in [0.05, 0.1) is 32.5 Å². The summed E-state index contributed by atoms with van der Waals surface area (Å²) in [7, 11) is -3.53. The maximum Gasteiger partial charge on any atom is 0.295 e. The first kappa shape index (κ1) is 28.9. The van der Waals surface area contributed by atoms with Crippen LogP contribution in [0.4, 0.5) is 17.2 Å². The number of nitro groups is 1. The number of aromatic nitrogens is 1. The van der Waals surface area contributed by atoms with Crippen molar-refractivity contribution in [3.8, 4) is 0 Å². The number of hydrogen-bond acceptors (Lipinski definition) is 9. The maximum absolute atomic E-state index is 13.7. The number of aryl methyl sites for hydroxylation is 1. The van der Waals surface area contributed by atoms with Crippen molar-refractivity contribution in [1.29, 1.82) is 0 Å². The summed E-state index contributed by atoms with van der Waals surface area (Å²) in [6, 6.07) is 7.80. The van der Waals surface area contributed by atoms with Crippen LogP contribution >= 0.6 is 23.2 Å². The van der Waals surface area contributed by atoms with Gasteiger partial charge in [-0.25, -0.2) is 9.99 Å². The zero-order valence-corrected chi connectivity index (χ0v) is 23.1. The average molecular weight is 607 g/mol. The Kier molecular flexibility index (Phi) is 8.07. The number of pyridine rings is 1. The number of nitro benzene ring substituents is 1. The summed E-state index contributed by atoms with van der Waals surface area (Å²) in [4.78, 5) is 40.6. The van der Waals surface area contributed by atoms with Crippen molar-refractivity contribution < 1.29 is 27.5 Å². The van der Waals surface area contributed by atoms with Crippen LogP contribution in [0, 0.1) is 17.0 Å². The van der Waals surface area contributed by atoms with Gasteiger partial charge in [0.25, 0.3) is 21.7 Å². The summed E-state index contributed by atoms with van der Waals surface area (Å²) in [6.07, 6.45) is 1.03. The van der Waals surface area contributed by atoms with Crippen molar-refractivity contribution in [3.63, 3.8) is 0 Å². The first-order chi connectivity index (χ1) is 18.8. The van der Waals surface area contributed by atoms with Crippen LogP contribution in [-0.4, -0.2) is 53.5 Å². The van der Waals surface area contributed by atoms with Gasteiger partial charge in [0, 0.05) is 30.8 Å². The summed E-state index contributed by atoms with van der Waals surface area (Å²) < 4.78 is 34.1. The Bertz CT molecular complexity index is 1700. The Morgan fingerprint density at radius 3 is 2.55 bits per heavy atom. The molecule has 2 aromatic carbocycles. The van der Waals surface area contributed by atoms with Crippen molar-refractivity contribution in [3.05, 3.63) is 85.5 Å². The van der Waals surface area contributed by atoms with Gasteiger partial charge in [0.15, 0.2) is 5.82 Å². The smallest absolute Gasteiger partial charge is 0.295 e. The number of nitrogens with one attached hydrogen (secondary N) is 2. The van der Waals surface area contributed by atoms with Crippen LogP contribution in [0.15, 0.2) is 58.7 Å². The number of rotatable bonds is 7. The molecule has 40 heavy (non-hydrogen) atoms.